The lowest BCUT2D eigenvalue weighted by atomic mass is 10.1. The summed E-state index contributed by atoms with van der Waals surface area (Å²) in [6.45, 7) is 22.6. The van der Waals surface area contributed by atoms with Crippen LogP contribution in [0, 0.1) is 13.8 Å². The summed E-state index contributed by atoms with van der Waals surface area (Å²) < 4.78 is 2.55. The first-order valence-corrected chi connectivity index (χ1v) is 11.0. The highest BCUT2D eigenvalue weighted by Gasteiger charge is 2.30. The first kappa shape index (κ1) is 22.0. The SMILES string of the molecule is Cc1cccc(C)c1/N=C(\NC(C)C)N(C(C)C)P(C(C)C)C(C)C. The average Bonchev–Trinajstić information content (AvgIpc) is 2.45. The molecule has 0 aliphatic rings. The smallest absolute Gasteiger partial charge is 0.202 e. The van der Waals surface area contributed by atoms with Crippen LogP contribution in [0.3, 0.4) is 0 Å². The van der Waals surface area contributed by atoms with E-state index in [1.54, 1.807) is 0 Å². The van der Waals surface area contributed by atoms with Crippen LogP contribution in [0.2, 0.25) is 0 Å². The van der Waals surface area contributed by atoms with Gasteiger partial charge in [-0.05, 0) is 72.1 Å². The van der Waals surface area contributed by atoms with Crippen molar-refractivity contribution in [2.75, 3.05) is 0 Å². The zero-order chi connectivity index (χ0) is 19.3. The molecule has 0 saturated carbocycles. The molecular weight excluding hydrogens is 325 g/mol. The largest absolute Gasteiger partial charge is 0.354 e. The van der Waals surface area contributed by atoms with Crippen LogP contribution >= 0.6 is 8.07 Å². The van der Waals surface area contributed by atoms with Gasteiger partial charge in [0.25, 0.3) is 0 Å². The Bertz CT molecular complexity index is 548. The molecule has 4 heteroatoms. The van der Waals surface area contributed by atoms with Crippen LogP contribution in [-0.2, 0) is 0 Å². The molecule has 0 atom stereocenters. The van der Waals surface area contributed by atoms with Crippen molar-refractivity contribution in [1.29, 1.82) is 0 Å². The van der Waals surface area contributed by atoms with E-state index in [0.29, 0.717) is 23.4 Å². The zero-order valence-electron chi connectivity index (χ0n) is 17.9. The molecule has 0 spiro atoms. The summed E-state index contributed by atoms with van der Waals surface area (Å²) in [4.78, 5) is 5.15. The Morgan fingerprint density at radius 1 is 0.920 bits per heavy atom. The second-order valence-corrected chi connectivity index (χ2v) is 11.2. The highest BCUT2D eigenvalue weighted by atomic mass is 31.1. The van der Waals surface area contributed by atoms with Gasteiger partial charge in [-0.15, -0.1) is 0 Å². The Balaban J connectivity index is 3.51. The van der Waals surface area contributed by atoms with Crippen LogP contribution in [-0.4, -0.2) is 34.0 Å². The predicted octanol–water partition coefficient (Wildman–Crippen LogP) is 6.21. The molecule has 0 aromatic heterocycles. The van der Waals surface area contributed by atoms with Crippen molar-refractivity contribution in [1.82, 2.24) is 9.99 Å². The number of hydrogen-bond donors (Lipinski definition) is 1. The number of benzene rings is 1. The van der Waals surface area contributed by atoms with Gasteiger partial charge in [0.1, 0.15) is 0 Å². The van der Waals surface area contributed by atoms with Crippen LogP contribution in [0.5, 0.6) is 0 Å². The minimum Gasteiger partial charge on any atom is -0.354 e. The molecule has 1 rings (SSSR count). The van der Waals surface area contributed by atoms with E-state index < -0.39 is 0 Å². The van der Waals surface area contributed by atoms with E-state index in [9.17, 15) is 0 Å². The molecule has 0 heterocycles. The molecule has 0 unspecified atom stereocenters. The van der Waals surface area contributed by atoms with Gasteiger partial charge >= 0.3 is 0 Å². The second-order valence-electron chi connectivity index (χ2n) is 7.98. The second kappa shape index (κ2) is 9.57. The van der Waals surface area contributed by atoms with Gasteiger partial charge in [-0.25, -0.2) is 4.99 Å². The summed E-state index contributed by atoms with van der Waals surface area (Å²) >= 11 is 0. The molecule has 0 fully saturated rings. The molecule has 0 amide bonds. The third kappa shape index (κ3) is 5.99. The fourth-order valence-corrected chi connectivity index (χ4v) is 6.25. The first-order chi connectivity index (χ1) is 11.6. The van der Waals surface area contributed by atoms with Crippen LogP contribution < -0.4 is 5.32 Å². The zero-order valence-corrected chi connectivity index (χ0v) is 18.8. The maximum absolute atomic E-state index is 5.15. The molecule has 3 nitrogen and oxygen atoms in total. The van der Waals surface area contributed by atoms with Gasteiger partial charge < -0.3 is 9.99 Å². The van der Waals surface area contributed by atoms with Gasteiger partial charge in [-0.1, -0.05) is 45.9 Å². The number of nitrogens with zero attached hydrogens (tertiary/aromatic N) is 2. The summed E-state index contributed by atoms with van der Waals surface area (Å²) in [5.41, 5.74) is 4.79. The van der Waals surface area contributed by atoms with Gasteiger partial charge in [0.05, 0.1) is 5.69 Å². The maximum Gasteiger partial charge on any atom is 0.202 e. The van der Waals surface area contributed by atoms with E-state index in [1.165, 1.54) is 11.1 Å². The van der Waals surface area contributed by atoms with Gasteiger partial charge in [0.15, 0.2) is 0 Å². The molecule has 0 aliphatic heterocycles. The van der Waals surface area contributed by atoms with E-state index in [2.05, 4.69) is 97.4 Å². The van der Waals surface area contributed by atoms with Gasteiger partial charge in [0.2, 0.25) is 5.96 Å². The molecule has 1 N–H and O–H groups in total. The molecule has 0 aliphatic carbocycles. The molecule has 25 heavy (non-hydrogen) atoms. The number of rotatable bonds is 6. The molecular formula is C21H38N3P. The van der Waals surface area contributed by atoms with Crippen molar-refractivity contribution in [3.05, 3.63) is 29.3 Å². The Kier molecular flexibility index (Phi) is 8.41. The van der Waals surface area contributed by atoms with E-state index in [1.807, 2.05) is 0 Å². The molecule has 142 valence electrons. The van der Waals surface area contributed by atoms with Crippen molar-refractivity contribution in [3.63, 3.8) is 0 Å². The molecule has 1 aromatic carbocycles. The van der Waals surface area contributed by atoms with Crippen molar-refractivity contribution in [2.24, 2.45) is 4.99 Å². The number of guanidine groups is 1. The number of aryl methyl sites for hydroxylation is 2. The van der Waals surface area contributed by atoms with Crippen LogP contribution in [0.15, 0.2) is 23.2 Å². The van der Waals surface area contributed by atoms with Crippen molar-refractivity contribution in [2.45, 2.75) is 92.6 Å². The Hall–Kier alpha value is -1.08. The third-order valence-corrected chi connectivity index (χ3v) is 7.35. The van der Waals surface area contributed by atoms with Gasteiger partial charge in [-0.2, -0.15) is 0 Å². The van der Waals surface area contributed by atoms with Crippen molar-refractivity contribution < 1.29 is 0 Å². The monoisotopic (exact) mass is 363 g/mol. The summed E-state index contributed by atoms with van der Waals surface area (Å²) in [6.07, 6.45) is 0. The molecule has 0 saturated heterocycles. The fraction of sp³-hybridized carbons (Fsp3) is 0.667. The normalized spacial score (nSPS) is 12.8. The lowest BCUT2D eigenvalue weighted by Crippen LogP contribution is -2.46. The van der Waals surface area contributed by atoms with Crippen molar-refractivity contribution in [3.8, 4) is 0 Å². The van der Waals surface area contributed by atoms with E-state index >= 15 is 0 Å². The summed E-state index contributed by atoms with van der Waals surface area (Å²) in [5.74, 6) is 1.02. The van der Waals surface area contributed by atoms with E-state index in [-0.39, 0.29) is 8.07 Å². The fourth-order valence-electron chi connectivity index (χ4n) is 3.21. The van der Waals surface area contributed by atoms with E-state index in [0.717, 1.165) is 11.6 Å². The highest BCUT2D eigenvalue weighted by molar-refractivity contribution is 7.57. The number of para-hydroxylation sites is 1. The summed E-state index contributed by atoms with van der Waals surface area (Å²) in [7, 11) is -0.327. The number of hydrogen-bond acceptors (Lipinski definition) is 1. The minimum atomic E-state index is -0.327. The van der Waals surface area contributed by atoms with Gasteiger partial charge in [-0.3, -0.25) is 0 Å². The van der Waals surface area contributed by atoms with E-state index in [4.69, 9.17) is 4.99 Å². The molecule has 0 radical (unpaired) electrons. The first-order valence-electron chi connectivity index (χ1n) is 9.55. The lowest BCUT2D eigenvalue weighted by molar-refractivity contribution is 0.497. The predicted molar refractivity (Wildman–Crippen MR) is 115 cm³/mol. The maximum atomic E-state index is 5.15. The Labute approximate surface area is 157 Å². The minimum absolute atomic E-state index is 0.327. The Morgan fingerprint density at radius 2 is 1.40 bits per heavy atom. The molecule has 0 bridgehead atoms. The highest BCUT2D eigenvalue weighted by Crippen LogP contribution is 2.51. The van der Waals surface area contributed by atoms with Crippen LogP contribution in [0.1, 0.15) is 66.5 Å². The number of nitrogens with one attached hydrogen (secondary N) is 1. The van der Waals surface area contributed by atoms with Crippen molar-refractivity contribution >= 4 is 19.7 Å². The summed E-state index contributed by atoms with van der Waals surface area (Å²) in [5, 5.41) is 3.65. The lowest BCUT2D eigenvalue weighted by Gasteiger charge is -2.42. The quantitative estimate of drug-likeness (QED) is 0.369. The third-order valence-electron chi connectivity index (χ3n) is 4.09. The van der Waals surface area contributed by atoms with Crippen LogP contribution in [0.25, 0.3) is 0 Å². The number of aliphatic imine (C=N–C) groups is 1. The topological polar surface area (TPSA) is 27.6 Å². The van der Waals surface area contributed by atoms with Gasteiger partial charge in [0, 0.05) is 12.1 Å². The molecule has 1 aromatic rings. The standard InChI is InChI=1S/C21H38N3P/c1-14(2)22-21(23-20-18(9)12-11-13-19(20)10)24(15(3)4)25(16(5)6)17(7)8/h11-17H,1-10H3,(H,22,23). The average molecular weight is 364 g/mol. The summed E-state index contributed by atoms with van der Waals surface area (Å²) in [6, 6.07) is 7.15. The van der Waals surface area contributed by atoms with Crippen LogP contribution in [0.4, 0.5) is 5.69 Å². The Morgan fingerprint density at radius 3 is 1.76 bits per heavy atom.